The van der Waals surface area contributed by atoms with E-state index in [-0.39, 0.29) is 5.41 Å². The number of amides is 1. The van der Waals surface area contributed by atoms with Crippen LogP contribution >= 0.6 is 0 Å². The Morgan fingerprint density at radius 3 is 2.56 bits per heavy atom. The second-order valence-corrected chi connectivity index (χ2v) is 8.06. The minimum atomic E-state index is -0.418. The molecule has 2 aromatic rings. The predicted molar refractivity (Wildman–Crippen MR) is 95.9 cm³/mol. The molecule has 1 aromatic heterocycles. The summed E-state index contributed by atoms with van der Waals surface area (Å²) in [5.41, 5.74) is 2.77. The first-order valence-corrected chi connectivity index (χ1v) is 8.79. The summed E-state index contributed by atoms with van der Waals surface area (Å²) in [5, 5.41) is 0. The summed E-state index contributed by atoms with van der Waals surface area (Å²) >= 11 is 0. The third-order valence-corrected chi connectivity index (χ3v) is 4.78. The van der Waals surface area contributed by atoms with E-state index in [9.17, 15) is 9.18 Å². The van der Waals surface area contributed by atoms with E-state index in [1.165, 1.54) is 25.0 Å². The molecule has 0 unspecified atom stereocenters. The Bertz CT molecular complexity index is 879. The minimum Gasteiger partial charge on any atom is -0.291 e. The van der Waals surface area contributed by atoms with E-state index in [1.54, 1.807) is 13.0 Å². The van der Waals surface area contributed by atoms with Gasteiger partial charge >= 0.3 is 0 Å². The van der Waals surface area contributed by atoms with Gasteiger partial charge in [-0.2, -0.15) is 4.99 Å². The molecular formula is C20H26FN3O. The Morgan fingerprint density at radius 1 is 1.28 bits per heavy atom. The zero-order chi connectivity index (χ0) is 18.4. The van der Waals surface area contributed by atoms with Gasteiger partial charge in [-0.3, -0.25) is 14.2 Å². The Morgan fingerprint density at radius 2 is 1.96 bits per heavy atom. The van der Waals surface area contributed by atoms with Crippen LogP contribution in [0.25, 0.3) is 0 Å². The molecule has 0 spiro atoms. The molecule has 0 N–H and O–H groups in total. The Hall–Kier alpha value is -2.17. The smallest absolute Gasteiger partial charge is 0.279 e. The molecule has 25 heavy (non-hydrogen) atoms. The van der Waals surface area contributed by atoms with Crippen molar-refractivity contribution in [3.05, 3.63) is 52.4 Å². The summed E-state index contributed by atoms with van der Waals surface area (Å²) in [6, 6.07) is 6.22. The van der Waals surface area contributed by atoms with Gasteiger partial charge in [0.15, 0.2) is 5.49 Å². The first-order chi connectivity index (χ1) is 11.7. The summed E-state index contributed by atoms with van der Waals surface area (Å²) in [5.74, 6) is -0.155. The fraction of sp³-hybridized carbons (Fsp3) is 0.500. The number of hydrogen-bond acceptors (Lipinski definition) is 1. The van der Waals surface area contributed by atoms with Gasteiger partial charge < -0.3 is 0 Å². The number of benzene rings is 1. The van der Waals surface area contributed by atoms with Gasteiger partial charge in [-0.05, 0) is 43.4 Å². The van der Waals surface area contributed by atoms with Crippen molar-refractivity contribution in [3.63, 3.8) is 0 Å². The maximum absolute atomic E-state index is 13.5. The average molecular weight is 343 g/mol. The van der Waals surface area contributed by atoms with E-state index in [4.69, 9.17) is 0 Å². The maximum Gasteiger partial charge on any atom is 0.279 e. The summed E-state index contributed by atoms with van der Waals surface area (Å²) in [7, 11) is 2.01. The number of nitrogens with zero attached hydrogens (tertiary/aromatic N) is 3. The van der Waals surface area contributed by atoms with Gasteiger partial charge in [0.1, 0.15) is 5.82 Å². The molecule has 1 amide bonds. The molecule has 1 saturated carbocycles. The topological polar surface area (TPSA) is 39.3 Å². The van der Waals surface area contributed by atoms with E-state index in [2.05, 4.69) is 35.1 Å². The van der Waals surface area contributed by atoms with Crippen molar-refractivity contribution in [2.45, 2.75) is 52.5 Å². The van der Waals surface area contributed by atoms with Crippen LogP contribution < -0.4 is 5.49 Å². The Balaban J connectivity index is 2.09. The number of halogens is 1. The molecule has 0 aliphatic heterocycles. The third kappa shape index (κ3) is 3.75. The van der Waals surface area contributed by atoms with E-state index < -0.39 is 11.7 Å². The quantitative estimate of drug-likeness (QED) is 0.837. The number of rotatable bonds is 3. The van der Waals surface area contributed by atoms with Crippen molar-refractivity contribution < 1.29 is 9.18 Å². The molecule has 4 nitrogen and oxygen atoms in total. The second kappa shape index (κ2) is 6.28. The molecule has 1 aliphatic carbocycles. The monoisotopic (exact) mass is 343 g/mol. The van der Waals surface area contributed by atoms with Crippen molar-refractivity contribution in [1.82, 2.24) is 9.36 Å². The fourth-order valence-corrected chi connectivity index (χ4v) is 3.12. The summed E-state index contributed by atoms with van der Waals surface area (Å²) in [4.78, 5) is 17.0. The largest absolute Gasteiger partial charge is 0.291 e. The molecular weight excluding hydrogens is 317 g/mol. The van der Waals surface area contributed by atoms with Crippen molar-refractivity contribution >= 4 is 5.91 Å². The number of hydrogen-bond donors (Lipinski definition) is 0. The highest BCUT2D eigenvalue weighted by Crippen LogP contribution is 2.30. The van der Waals surface area contributed by atoms with Gasteiger partial charge in [0.05, 0.1) is 0 Å². The van der Waals surface area contributed by atoms with Crippen LogP contribution in [0.4, 0.5) is 4.39 Å². The third-order valence-electron chi connectivity index (χ3n) is 4.78. The van der Waals surface area contributed by atoms with Crippen LogP contribution in [0.3, 0.4) is 0 Å². The van der Waals surface area contributed by atoms with E-state index in [0.29, 0.717) is 17.0 Å². The average Bonchev–Trinajstić information content (AvgIpc) is 3.28. The number of aromatic nitrogens is 2. The lowest BCUT2D eigenvalue weighted by Gasteiger charge is -2.20. The number of aryl methyl sites for hydroxylation is 1. The first kappa shape index (κ1) is 17.6. The first-order valence-electron chi connectivity index (χ1n) is 8.79. The zero-order valence-electron chi connectivity index (χ0n) is 15.6. The molecule has 5 heteroatoms. The van der Waals surface area contributed by atoms with E-state index in [0.717, 1.165) is 17.8 Å². The minimum absolute atomic E-state index is 0.0500. The van der Waals surface area contributed by atoms with Crippen molar-refractivity contribution in [3.8, 4) is 0 Å². The molecule has 1 heterocycles. The molecule has 1 aromatic carbocycles. The summed E-state index contributed by atoms with van der Waals surface area (Å²) < 4.78 is 17.7. The van der Waals surface area contributed by atoms with Crippen molar-refractivity contribution in [2.75, 3.05) is 0 Å². The predicted octanol–water partition coefficient (Wildman–Crippen LogP) is 3.72. The number of carbonyl (C=O) groups excluding carboxylic acids is 1. The molecule has 0 atom stereocenters. The van der Waals surface area contributed by atoms with Crippen LogP contribution in [-0.4, -0.2) is 15.3 Å². The highest BCUT2D eigenvalue weighted by molar-refractivity contribution is 5.96. The van der Waals surface area contributed by atoms with Crippen molar-refractivity contribution in [2.24, 2.45) is 18.0 Å². The van der Waals surface area contributed by atoms with Gasteiger partial charge in [-0.25, -0.2) is 4.39 Å². The van der Waals surface area contributed by atoms with Gasteiger partial charge in [0.2, 0.25) is 0 Å². The van der Waals surface area contributed by atoms with E-state index >= 15 is 0 Å². The van der Waals surface area contributed by atoms with Crippen LogP contribution in [0.2, 0.25) is 0 Å². The van der Waals surface area contributed by atoms with Crippen molar-refractivity contribution in [1.29, 1.82) is 0 Å². The van der Waals surface area contributed by atoms with Gasteiger partial charge in [-0.1, -0.05) is 26.8 Å². The normalized spacial score (nSPS) is 15.7. The zero-order valence-corrected chi connectivity index (χ0v) is 15.6. The lowest BCUT2D eigenvalue weighted by atomic mass is 9.92. The maximum atomic E-state index is 13.5. The van der Waals surface area contributed by atoms with Gasteiger partial charge in [0, 0.05) is 36.3 Å². The molecule has 1 aliphatic rings. The Kier molecular flexibility index (Phi) is 4.43. The molecule has 3 rings (SSSR count). The Labute approximate surface area is 148 Å². The number of carbonyl (C=O) groups is 1. The summed E-state index contributed by atoms with van der Waals surface area (Å²) in [6.07, 6.45) is 2.44. The molecule has 0 saturated heterocycles. The SMILES string of the molecule is Cc1ccc(F)cc1C(=O)/N=c1\cc(C(C)(C)C)n(C)n1CC1CC1. The summed E-state index contributed by atoms with van der Waals surface area (Å²) in [6.45, 7) is 9.09. The molecule has 0 radical (unpaired) electrons. The molecule has 1 fully saturated rings. The fourth-order valence-electron chi connectivity index (χ4n) is 3.12. The van der Waals surface area contributed by atoms with E-state index in [1.807, 2.05) is 13.1 Å². The van der Waals surface area contributed by atoms with Crippen LogP contribution in [0.15, 0.2) is 29.3 Å². The standard InChI is InChI=1S/C20H26FN3O/c1-13-6-9-15(21)10-16(13)19(25)22-18-11-17(20(2,3)4)23(5)24(18)12-14-7-8-14/h6,9-11,14H,7-8,12H2,1-5H3/b22-18+. The van der Waals surface area contributed by atoms with Gasteiger partial charge in [0.25, 0.3) is 5.91 Å². The van der Waals surface area contributed by atoms with Crippen LogP contribution in [0.5, 0.6) is 0 Å². The lowest BCUT2D eigenvalue weighted by molar-refractivity contribution is 0.0995. The molecule has 0 bridgehead atoms. The highest BCUT2D eigenvalue weighted by Gasteiger charge is 2.26. The van der Waals surface area contributed by atoms with Crippen LogP contribution in [-0.2, 0) is 19.0 Å². The second-order valence-electron chi connectivity index (χ2n) is 8.06. The van der Waals surface area contributed by atoms with Crippen LogP contribution in [0.1, 0.15) is 55.2 Å². The van der Waals surface area contributed by atoms with Gasteiger partial charge in [-0.15, -0.1) is 0 Å². The molecule has 134 valence electrons. The van der Waals surface area contributed by atoms with Crippen LogP contribution in [0, 0.1) is 18.7 Å². The highest BCUT2D eigenvalue weighted by atomic mass is 19.1. The lowest BCUT2D eigenvalue weighted by Crippen LogP contribution is -2.26.